The van der Waals surface area contributed by atoms with Gasteiger partial charge in [0.15, 0.2) is 0 Å². The SMILES string of the molecule is CC(C)CCC(=O)Nc1ccc2ccccc2n1. The van der Waals surface area contributed by atoms with E-state index in [0.29, 0.717) is 18.2 Å². The second-order valence-corrected chi connectivity index (χ2v) is 4.87. The number of benzene rings is 1. The van der Waals surface area contributed by atoms with Crippen LogP contribution in [0.25, 0.3) is 10.9 Å². The van der Waals surface area contributed by atoms with E-state index in [1.54, 1.807) is 0 Å². The number of nitrogens with one attached hydrogen (secondary N) is 1. The lowest BCUT2D eigenvalue weighted by atomic mass is 10.1. The van der Waals surface area contributed by atoms with Gasteiger partial charge < -0.3 is 5.32 Å². The number of carbonyl (C=O) groups excluding carboxylic acids is 1. The highest BCUT2D eigenvalue weighted by atomic mass is 16.1. The molecule has 0 aliphatic rings. The van der Waals surface area contributed by atoms with E-state index in [1.165, 1.54) is 0 Å². The largest absolute Gasteiger partial charge is 0.311 e. The molecule has 0 aliphatic heterocycles. The van der Waals surface area contributed by atoms with Gasteiger partial charge >= 0.3 is 0 Å². The first-order chi connectivity index (χ1) is 8.65. The van der Waals surface area contributed by atoms with Crippen molar-refractivity contribution in [1.29, 1.82) is 0 Å². The van der Waals surface area contributed by atoms with Crippen LogP contribution in [0.5, 0.6) is 0 Å². The molecule has 0 unspecified atom stereocenters. The molecule has 0 spiro atoms. The van der Waals surface area contributed by atoms with Crippen LogP contribution < -0.4 is 5.32 Å². The Labute approximate surface area is 107 Å². The van der Waals surface area contributed by atoms with E-state index in [0.717, 1.165) is 17.3 Å². The average molecular weight is 242 g/mol. The van der Waals surface area contributed by atoms with Crippen LogP contribution in [0.15, 0.2) is 36.4 Å². The lowest BCUT2D eigenvalue weighted by Crippen LogP contribution is -2.13. The first-order valence-corrected chi connectivity index (χ1v) is 6.31. The summed E-state index contributed by atoms with van der Waals surface area (Å²) in [6.07, 6.45) is 1.45. The van der Waals surface area contributed by atoms with E-state index in [-0.39, 0.29) is 5.91 Å². The van der Waals surface area contributed by atoms with Crippen molar-refractivity contribution >= 4 is 22.6 Å². The molecule has 2 rings (SSSR count). The van der Waals surface area contributed by atoms with Crippen LogP contribution in [0.4, 0.5) is 5.82 Å². The second-order valence-electron chi connectivity index (χ2n) is 4.87. The molecule has 0 aliphatic carbocycles. The number of hydrogen-bond donors (Lipinski definition) is 1. The lowest BCUT2D eigenvalue weighted by Gasteiger charge is -2.07. The number of pyridine rings is 1. The van der Waals surface area contributed by atoms with Gasteiger partial charge in [0.25, 0.3) is 0 Å². The first-order valence-electron chi connectivity index (χ1n) is 6.31. The van der Waals surface area contributed by atoms with Crippen LogP contribution in [-0.2, 0) is 4.79 Å². The number of nitrogens with zero attached hydrogens (tertiary/aromatic N) is 1. The highest BCUT2D eigenvalue weighted by molar-refractivity contribution is 5.91. The monoisotopic (exact) mass is 242 g/mol. The van der Waals surface area contributed by atoms with Gasteiger partial charge in [-0.2, -0.15) is 0 Å². The summed E-state index contributed by atoms with van der Waals surface area (Å²) < 4.78 is 0. The first kappa shape index (κ1) is 12.6. The highest BCUT2D eigenvalue weighted by Crippen LogP contribution is 2.15. The third kappa shape index (κ3) is 3.29. The lowest BCUT2D eigenvalue weighted by molar-refractivity contribution is -0.116. The van der Waals surface area contributed by atoms with Crippen molar-refractivity contribution in [3.8, 4) is 0 Å². The Morgan fingerprint density at radius 3 is 2.78 bits per heavy atom. The summed E-state index contributed by atoms with van der Waals surface area (Å²) in [5.74, 6) is 1.20. The number of carbonyl (C=O) groups is 1. The fourth-order valence-corrected chi connectivity index (χ4v) is 1.76. The molecule has 94 valence electrons. The summed E-state index contributed by atoms with van der Waals surface area (Å²) in [5.41, 5.74) is 0.902. The van der Waals surface area contributed by atoms with E-state index >= 15 is 0 Å². The topological polar surface area (TPSA) is 42.0 Å². The zero-order valence-electron chi connectivity index (χ0n) is 10.8. The molecule has 0 bridgehead atoms. The zero-order valence-corrected chi connectivity index (χ0v) is 10.8. The van der Waals surface area contributed by atoms with E-state index in [1.807, 2.05) is 36.4 Å². The number of hydrogen-bond acceptors (Lipinski definition) is 2. The Morgan fingerprint density at radius 2 is 2.00 bits per heavy atom. The number of rotatable bonds is 4. The highest BCUT2D eigenvalue weighted by Gasteiger charge is 2.05. The van der Waals surface area contributed by atoms with Gasteiger partial charge in [0, 0.05) is 11.8 Å². The van der Waals surface area contributed by atoms with Crippen molar-refractivity contribution in [3.63, 3.8) is 0 Å². The van der Waals surface area contributed by atoms with Crippen LogP contribution >= 0.6 is 0 Å². The van der Waals surface area contributed by atoms with Gasteiger partial charge in [0.1, 0.15) is 5.82 Å². The van der Waals surface area contributed by atoms with E-state index < -0.39 is 0 Å². The Kier molecular flexibility index (Phi) is 3.92. The third-order valence-electron chi connectivity index (χ3n) is 2.81. The molecule has 0 saturated carbocycles. The molecule has 1 N–H and O–H groups in total. The molecule has 0 fully saturated rings. The minimum atomic E-state index is 0.0338. The van der Waals surface area contributed by atoms with E-state index in [4.69, 9.17) is 0 Å². The summed E-state index contributed by atoms with van der Waals surface area (Å²) >= 11 is 0. The van der Waals surface area contributed by atoms with Crippen molar-refractivity contribution in [2.45, 2.75) is 26.7 Å². The fraction of sp³-hybridized carbons (Fsp3) is 0.333. The maximum Gasteiger partial charge on any atom is 0.225 e. The number of fused-ring (bicyclic) bond motifs is 1. The van der Waals surface area contributed by atoms with Crippen LogP contribution in [0, 0.1) is 5.92 Å². The number of aromatic nitrogens is 1. The third-order valence-corrected chi connectivity index (χ3v) is 2.81. The van der Waals surface area contributed by atoms with Gasteiger partial charge in [0.2, 0.25) is 5.91 Å². The Morgan fingerprint density at radius 1 is 1.22 bits per heavy atom. The van der Waals surface area contributed by atoms with Crippen molar-refractivity contribution in [2.75, 3.05) is 5.32 Å². The molecular formula is C15H18N2O. The molecule has 3 nitrogen and oxygen atoms in total. The Bertz CT molecular complexity index is 549. The molecule has 1 aromatic carbocycles. The maximum absolute atomic E-state index is 11.7. The minimum Gasteiger partial charge on any atom is -0.311 e. The van der Waals surface area contributed by atoms with Gasteiger partial charge in [-0.25, -0.2) is 4.98 Å². The summed E-state index contributed by atoms with van der Waals surface area (Å²) in [5, 5.41) is 3.92. The average Bonchev–Trinajstić information content (AvgIpc) is 2.36. The van der Waals surface area contributed by atoms with E-state index in [2.05, 4.69) is 24.1 Å². The van der Waals surface area contributed by atoms with Crippen molar-refractivity contribution < 1.29 is 4.79 Å². The molecule has 3 heteroatoms. The van der Waals surface area contributed by atoms with Gasteiger partial charge in [-0.05, 0) is 30.5 Å². The van der Waals surface area contributed by atoms with Gasteiger partial charge in [-0.3, -0.25) is 4.79 Å². The maximum atomic E-state index is 11.7. The van der Waals surface area contributed by atoms with Crippen molar-refractivity contribution in [3.05, 3.63) is 36.4 Å². The normalized spacial score (nSPS) is 10.8. The van der Waals surface area contributed by atoms with Crippen LogP contribution in [0.3, 0.4) is 0 Å². The Balaban J connectivity index is 2.05. The van der Waals surface area contributed by atoms with Crippen LogP contribution in [0.1, 0.15) is 26.7 Å². The van der Waals surface area contributed by atoms with Crippen LogP contribution in [0.2, 0.25) is 0 Å². The van der Waals surface area contributed by atoms with Crippen molar-refractivity contribution in [2.24, 2.45) is 5.92 Å². The summed E-state index contributed by atoms with van der Waals surface area (Å²) in [6.45, 7) is 4.23. The number of amides is 1. The molecule has 0 atom stereocenters. The van der Waals surface area contributed by atoms with Crippen LogP contribution in [-0.4, -0.2) is 10.9 Å². The van der Waals surface area contributed by atoms with Gasteiger partial charge in [0.05, 0.1) is 5.52 Å². The predicted molar refractivity (Wildman–Crippen MR) is 74.4 cm³/mol. The summed E-state index contributed by atoms with van der Waals surface area (Å²) in [4.78, 5) is 16.1. The fourth-order valence-electron chi connectivity index (χ4n) is 1.76. The van der Waals surface area contributed by atoms with E-state index in [9.17, 15) is 4.79 Å². The standard InChI is InChI=1S/C15H18N2O/c1-11(2)7-10-15(18)17-14-9-8-12-5-3-4-6-13(12)16-14/h3-6,8-9,11H,7,10H2,1-2H3,(H,16,17,18). The molecule has 2 aromatic rings. The molecule has 1 aromatic heterocycles. The van der Waals surface area contributed by atoms with Gasteiger partial charge in [-0.1, -0.05) is 32.0 Å². The quantitative estimate of drug-likeness (QED) is 0.889. The molecule has 1 amide bonds. The smallest absolute Gasteiger partial charge is 0.225 e. The summed E-state index contributed by atoms with van der Waals surface area (Å²) in [7, 11) is 0. The second kappa shape index (κ2) is 5.63. The molecule has 0 radical (unpaired) electrons. The molecule has 18 heavy (non-hydrogen) atoms. The zero-order chi connectivity index (χ0) is 13.0. The molecular weight excluding hydrogens is 224 g/mol. The van der Waals surface area contributed by atoms with Crippen molar-refractivity contribution in [1.82, 2.24) is 4.98 Å². The summed E-state index contributed by atoms with van der Waals surface area (Å²) in [6, 6.07) is 11.7. The number of anilines is 1. The molecule has 0 saturated heterocycles. The number of para-hydroxylation sites is 1. The van der Waals surface area contributed by atoms with Gasteiger partial charge in [-0.15, -0.1) is 0 Å². The molecule has 1 heterocycles. The predicted octanol–water partition coefficient (Wildman–Crippen LogP) is 3.61. The Hall–Kier alpha value is -1.90. The minimum absolute atomic E-state index is 0.0338.